The Bertz CT molecular complexity index is 3040. The Morgan fingerprint density at radius 1 is 0.375 bits per heavy atom. The number of rotatable bonds is 11. The molecule has 0 saturated carbocycles. The van der Waals surface area contributed by atoms with Crippen LogP contribution < -0.4 is 20.8 Å². The van der Waals surface area contributed by atoms with Gasteiger partial charge in [-0.05, 0) is 80.9 Å². The zero-order valence-electron chi connectivity index (χ0n) is 35.2. The third-order valence-corrected chi connectivity index (χ3v) is 15.0. The van der Waals surface area contributed by atoms with E-state index in [0.29, 0.717) is 0 Å². The first-order valence-electron chi connectivity index (χ1n) is 21.9. The van der Waals surface area contributed by atoms with Crippen LogP contribution in [0.5, 0.6) is 0 Å². The summed E-state index contributed by atoms with van der Waals surface area (Å²) in [5, 5.41) is 5.91. The number of anilines is 2. The van der Waals surface area contributed by atoms with Crippen molar-refractivity contribution >= 4 is 34.9 Å². The Morgan fingerprint density at radius 3 is 1.14 bits per heavy atom. The smallest absolute Gasteiger partial charge is 0.146 e. The van der Waals surface area contributed by atoms with Crippen LogP contribution in [-0.2, 0) is 0 Å². The average Bonchev–Trinajstić information content (AvgIpc) is 4.24. The molecule has 1 unspecified atom stereocenters. The highest BCUT2D eigenvalue weighted by Crippen LogP contribution is 2.56. The van der Waals surface area contributed by atoms with E-state index < -0.39 is 7.21 Å². The number of nitrogens with zero attached hydrogens (tertiary/aromatic N) is 3. The van der Waals surface area contributed by atoms with E-state index in [2.05, 4.69) is 259 Å². The van der Waals surface area contributed by atoms with E-state index in [1.54, 1.807) is 0 Å². The highest BCUT2D eigenvalue weighted by Gasteiger charge is 2.40. The van der Waals surface area contributed by atoms with E-state index in [1.165, 1.54) is 22.3 Å². The number of hydrogen-bond donors (Lipinski definition) is 1. The van der Waals surface area contributed by atoms with Gasteiger partial charge < -0.3 is 5.32 Å². The van der Waals surface area contributed by atoms with Crippen molar-refractivity contribution in [2.75, 3.05) is 11.4 Å². The third kappa shape index (κ3) is 7.75. The van der Waals surface area contributed by atoms with Gasteiger partial charge in [0.25, 0.3) is 0 Å². The molecule has 64 heavy (non-hydrogen) atoms. The molecule has 5 heteroatoms. The summed E-state index contributed by atoms with van der Waals surface area (Å²) in [6.45, 7) is 0.842. The molecule has 9 aromatic carbocycles. The van der Waals surface area contributed by atoms with E-state index in [4.69, 9.17) is 9.51 Å². The van der Waals surface area contributed by atoms with Crippen molar-refractivity contribution in [2.24, 2.45) is 9.51 Å². The Hall–Kier alpha value is -7.62. The summed E-state index contributed by atoms with van der Waals surface area (Å²) in [5.74, 6) is 0.898. The molecule has 1 N–H and O–H groups in total. The monoisotopic (exact) mass is 840 g/mol. The standard InChI is InChI=1S/C59H45N4P/c1-6-20-43(21-7-1)46-26-16-28-48(38-46)50-30-18-32-52(40-50)63(53-33-19-31-51(41-53)49-29-17-27-47(39-49)44-22-8-2-9-23-44)59-57(56-42-60-56)58(45-24-10-3-11-25-45)61-64(62-59,54-34-12-4-13-35-54)55-36-14-5-15-37-55/h1-41,56,60H,42H2. The fourth-order valence-electron chi connectivity index (χ4n) is 8.79. The second-order valence-electron chi connectivity index (χ2n) is 16.2. The van der Waals surface area contributed by atoms with Crippen molar-refractivity contribution in [1.29, 1.82) is 0 Å². The predicted molar refractivity (Wildman–Crippen MR) is 270 cm³/mol. The van der Waals surface area contributed by atoms with Crippen LogP contribution in [0.25, 0.3) is 44.5 Å². The van der Waals surface area contributed by atoms with Crippen LogP contribution in [0.1, 0.15) is 5.56 Å². The molecule has 2 aliphatic rings. The maximum Gasteiger partial charge on any atom is 0.146 e. The Kier molecular flexibility index (Phi) is 10.6. The van der Waals surface area contributed by atoms with Crippen LogP contribution in [0.15, 0.2) is 270 Å². The topological polar surface area (TPSA) is 49.9 Å². The van der Waals surface area contributed by atoms with Gasteiger partial charge in [0.15, 0.2) is 0 Å². The zero-order chi connectivity index (χ0) is 42.7. The quantitative estimate of drug-likeness (QED) is 0.104. The molecule has 306 valence electrons. The molecule has 2 heterocycles. The molecule has 11 rings (SSSR count). The largest absolute Gasteiger partial charge is 0.307 e. The van der Waals surface area contributed by atoms with Crippen LogP contribution in [-0.4, -0.2) is 18.3 Å². The fourth-order valence-corrected chi connectivity index (χ4v) is 11.8. The summed E-state index contributed by atoms with van der Waals surface area (Å²) in [6.07, 6.45) is 0. The molecule has 0 amide bonds. The maximum absolute atomic E-state index is 6.13. The molecule has 1 saturated heterocycles. The molecule has 9 aromatic rings. The molecular weight excluding hydrogens is 796 g/mol. The first-order chi connectivity index (χ1) is 31.7. The van der Waals surface area contributed by atoms with Crippen molar-refractivity contribution in [3.8, 4) is 44.5 Å². The number of benzene rings is 9. The molecule has 1 fully saturated rings. The van der Waals surface area contributed by atoms with E-state index in [9.17, 15) is 0 Å². The summed E-state index contributed by atoms with van der Waals surface area (Å²) in [7, 11) is -2.85. The van der Waals surface area contributed by atoms with Crippen molar-refractivity contribution in [3.05, 3.63) is 266 Å². The summed E-state index contributed by atoms with van der Waals surface area (Å²) < 4.78 is 12.1. The van der Waals surface area contributed by atoms with Gasteiger partial charge in [-0.3, -0.25) is 4.90 Å². The predicted octanol–water partition coefficient (Wildman–Crippen LogP) is 13.9. The summed E-state index contributed by atoms with van der Waals surface area (Å²) >= 11 is 0. The maximum atomic E-state index is 6.13. The Morgan fingerprint density at radius 2 is 0.719 bits per heavy atom. The van der Waals surface area contributed by atoms with Gasteiger partial charge in [0, 0.05) is 39.7 Å². The minimum absolute atomic E-state index is 0.0745. The SMILES string of the molecule is c1ccc(C2=NP(c3ccccc3)(c3ccccc3)=NC(N(c3cccc(-c4cccc(-c5ccccc5)c4)c3)c3cccc(-c4cccc(-c5ccccc5)c4)c3)=C2C2CN2)cc1. The van der Waals surface area contributed by atoms with E-state index in [-0.39, 0.29) is 6.04 Å². The van der Waals surface area contributed by atoms with Crippen LogP contribution in [0.4, 0.5) is 11.4 Å². The molecular formula is C59H45N4P. The highest BCUT2D eigenvalue weighted by molar-refractivity contribution is 7.80. The average molecular weight is 841 g/mol. The van der Waals surface area contributed by atoms with E-state index in [1.807, 2.05) is 0 Å². The van der Waals surface area contributed by atoms with Crippen molar-refractivity contribution in [2.45, 2.75) is 6.04 Å². The van der Waals surface area contributed by atoms with Crippen molar-refractivity contribution < 1.29 is 0 Å². The van der Waals surface area contributed by atoms with Gasteiger partial charge in [-0.1, -0.05) is 212 Å². The molecule has 0 radical (unpaired) electrons. The Balaban J connectivity index is 1.18. The van der Waals surface area contributed by atoms with E-state index in [0.717, 1.165) is 73.5 Å². The van der Waals surface area contributed by atoms with E-state index >= 15 is 0 Å². The molecule has 0 aromatic heterocycles. The lowest BCUT2D eigenvalue weighted by atomic mass is 9.97. The molecule has 0 aliphatic carbocycles. The first kappa shape index (κ1) is 39.2. The number of nitrogens with one attached hydrogen (secondary N) is 1. The van der Waals surface area contributed by atoms with Crippen LogP contribution >= 0.6 is 7.21 Å². The van der Waals surface area contributed by atoms with Gasteiger partial charge >= 0.3 is 0 Å². The second-order valence-corrected chi connectivity index (χ2v) is 18.9. The van der Waals surface area contributed by atoms with Gasteiger partial charge in [-0.2, -0.15) is 0 Å². The number of hydrogen-bond acceptors (Lipinski definition) is 4. The highest BCUT2D eigenvalue weighted by atomic mass is 31.2. The first-order valence-corrected chi connectivity index (χ1v) is 23.6. The van der Waals surface area contributed by atoms with Crippen LogP contribution in [0.2, 0.25) is 0 Å². The minimum atomic E-state index is -2.85. The summed E-state index contributed by atoms with van der Waals surface area (Å²) in [4.78, 5) is 2.41. The van der Waals surface area contributed by atoms with Gasteiger partial charge in [-0.15, -0.1) is 0 Å². The third-order valence-electron chi connectivity index (χ3n) is 12.0. The zero-order valence-corrected chi connectivity index (χ0v) is 36.1. The lowest BCUT2D eigenvalue weighted by molar-refractivity contribution is 1.04. The van der Waals surface area contributed by atoms with Gasteiger partial charge in [0.2, 0.25) is 0 Å². The minimum Gasteiger partial charge on any atom is -0.307 e. The van der Waals surface area contributed by atoms with Gasteiger partial charge in [-0.25, -0.2) is 9.51 Å². The van der Waals surface area contributed by atoms with Crippen molar-refractivity contribution in [1.82, 2.24) is 5.32 Å². The summed E-state index contributed by atoms with van der Waals surface area (Å²) in [6, 6.07) is 89.1. The van der Waals surface area contributed by atoms with Gasteiger partial charge in [0.05, 0.1) is 11.8 Å². The van der Waals surface area contributed by atoms with Crippen LogP contribution in [0, 0.1) is 0 Å². The normalized spacial score (nSPS) is 15.2. The van der Waals surface area contributed by atoms with Crippen LogP contribution in [0.3, 0.4) is 0 Å². The second kappa shape index (κ2) is 17.3. The Labute approximate surface area is 375 Å². The molecule has 0 spiro atoms. The molecule has 0 bridgehead atoms. The van der Waals surface area contributed by atoms with Gasteiger partial charge in [0.1, 0.15) is 13.0 Å². The lowest BCUT2D eigenvalue weighted by Crippen LogP contribution is -2.29. The molecule has 4 nitrogen and oxygen atoms in total. The molecule has 1 atom stereocenters. The van der Waals surface area contributed by atoms with Crippen molar-refractivity contribution in [3.63, 3.8) is 0 Å². The fraction of sp³-hybridized carbons (Fsp3) is 0.0339. The lowest BCUT2D eigenvalue weighted by Gasteiger charge is -2.35. The summed E-state index contributed by atoms with van der Waals surface area (Å²) in [5.41, 5.74) is 14.5. The molecule has 2 aliphatic heterocycles.